The van der Waals surface area contributed by atoms with Crippen LogP contribution >= 0.6 is 0 Å². The van der Waals surface area contributed by atoms with Crippen molar-refractivity contribution >= 4 is 11.9 Å². The summed E-state index contributed by atoms with van der Waals surface area (Å²) < 4.78 is 0. The van der Waals surface area contributed by atoms with Gasteiger partial charge in [0, 0.05) is 25.7 Å². The van der Waals surface area contributed by atoms with Gasteiger partial charge in [-0.25, -0.2) is 4.79 Å². The van der Waals surface area contributed by atoms with E-state index in [0.717, 1.165) is 45.2 Å². The minimum Gasteiger partial charge on any atom is -0.323 e. The van der Waals surface area contributed by atoms with Crippen molar-refractivity contribution in [1.29, 1.82) is 0 Å². The normalized spacial score (nSPS) is 21.8. The molecule has 0 bridgehead atoms. The quantitative estimate of drug-likeness (QED) is 0.765. The number of urea groups is 1. The van der Waals surface area contributed by atoms with Crippen molar-refractivity contribution in [1.82, 2.24) is 15.1 Å². The highest BCUT2D eigenvalue weighted by Gasteiger charge is 2.52. The summed E-state index contributed by atoms with van der Waals surface area (Å²) in [5.41, 5.74) is 2.07. The average molecular weight is 355 g/mol. The molecule has 1 aromatic carbocycles. The zero-order valence-electron chi connectivity index (χ0n) is 15.7. The monoisotopic (exact) mass is 355 g/mol. The first kappa shape index (κ1) is 17.5. The molecule has 0 radical (unpaired) electrons. The molecule has 0 atom stereocenters. The van der Waals surface area contributed by atoms with Crippen molar-refractivity contribution in [2.45, 2.75) is 70.0 Å². The summed E-state index contributed by atoms with van der Waals surface area (Å²) in [6, 6.07) is 9.20. The number of aryl methyl sites for hydroxylation is 1. The van der Waals surface area contributed by atoms with Crippen LogP contribution in [0.4, 0.5) is 4.79 Å². The van der Waals surface area contributed by atoms with Gasteiger partial charge >= 0.3 is 6.03 Å². The molecular formula is C21H29N3O2. The van der Waals surface area contributed by atoms with E-state index >= 15 is 0 Å². The van der Waals surface area contributed by atoms with Crippen LogP contribution in [0.5, 0.6) is 0 Å². The van der Waals surface area contributed by atoms with Gasteiger partial charge in [-0.05, 0) is 43.2 Å². The maximum atomic E-state index is 12.8. The molecule has 4 rings (SSSR count). The standard InChI is InChI=1S/C21H29N3O2/c1-2-16-5-7-17(8-6-16)15-23(18-9-10-18)13-14-24-19(25)21(22-20(24)26)11-3-4-12-21/h5-8,18H,2-4,9-15H2,1H3,(H,22,26). The van der Waals surface area contributed by atoms with Crippen LogP contribution in [0.15, 0.2) is 24.3 Å². The van der Waals surface area contributed by atoms with Gasteiger partial charge in [0.15, 0.2) is 0 Å². The van der Waals surface area contributed by atoms with Crippen LogP contribution in [0.25, 0.3) is 0 Å². The van der Waals surface area contributed by atoms with E-state index in [-0.39, 0.29) is 11.9 Å². The van der Waals surface area contributed by atoms with Gasteiger partial charge in [-0.1, -0.05) is 44.0 Å². The van der Waals surface area contributed by atoms with E-state index < -0.39 is 5.54 Å². The molecule has 1 aromatic rings. The van der Waals surface area contributed by atoms with Gasteiger partial charge < -0.3 is 5.32 Å². The van der Waals surface area contributed by atoms with Crippen LogP contribution in [0.1, 0.15) is 56.6 Å². The Hall–Kier alpha value is -1.88. The van der Waals surface area contributed by atoms with Gasteiger partial charge in [0.2, 0.25) is 0 Å². The Morgan fingerprint density at radius 3 is 2.38 bits per heavy atom. The molecule has 0 unspecified atom stereocenters. The van der Waals surface area contributed by atoms with Crippen LogP contribution in [0.3, 0.4) is 0 Å². The number of nitrogens with zero attached hydrogens (tertiary/aromatic N) is 2. The predicted molar refractivity (Wildman–Crippen MR) is 101 cm³/mol. The van der Waals surface area contributed by atoms with Gasteiger partial charge in [0.05, 0.1) is 0 Å². The molecule has 140 valence electrons. The second kappa shape index (κ2) is 7.03. The predicted octanol–water partition coefficient (Wildman–Crippen LogP) is 3.08. The largest absolute Gasteiger partial charge is 0.325 e. The fourth-order valence-corrected chi connectivity index (χ4v) is 4.37. The third-order valence-electron chi connectivity index (χ3n) is 6.19. The molecule has 3 amide bonds. The van der Waals surface area contributed by atoms with E-state index in [1.54, 1.807) is 0 Å². The topological polar surface area (TPSA) is 52.6 Å². The Bertz CT molecular complexity index is 675. The molecule has 2 aliphatic carbocycles. The average Bonchev–Trinajstić information content (AvgIpc) is 3.35. The van der Waals surface area contributed by atoms with Gasteiger partial charge in [-0.3, -0.25) is 14.6 Å². The van der Waals surface area contributed by atoms with Crippen molar-refractivity contribution < 1.29 is 9.59 Å². The molecule has 3 fully saturated rings. The fourth-order valence-electron chi connectivity index (χ4n) is 4.37. The SMILES string of the molecule is CCc1ccc(CN(CCN2C(=O)NC3(CCCC3)C2=O)C2CC2)cc1. The van der Waals surface area contributed by atoms with E-state index in [0.29, 0.717) is 12.6 Å². The lowest BCUT2D eigenvalue weighted by atomic mass is 9.98. The van der Waals surface area contributed by atoms with Crippen LogP contribution in [0.2, 0.25) is 0 Å². The molecule has 26 heavy (non-hydrogen) atoms. The molecule has 1 N–H and O–H groups in total. The highest BCUT2D eigenvalue weighted by Crippen LogP contribution is 2.35. The first-order valence-corrected chi connectivity index (χ1v) is 10.1. The van der Waals surface area contributed by atoms with Crippen molar-refractivity contribution in [3.05, 3.63) is 35.4 Å². The molecular weight excluding hydrogens is 326 g/mol. The molecule has 1 spiro atoms. The number of carbonyl (C=O) groups excluding carboxylic acids is 2. The summed E-state index contributed by atoms with van der Waals surface area (Å²) in [4.78, 5) is 29.0. The maximum absolute atomic E-state index is 12.8. The second-order valence-corrected chi connectivity index (χ2v) is 8.05. The maximum Gasteiger partial charge on any atom is 0.325 e. The van der Waals surface area contributed by atoms with Crippen LogP contribution in [-0.4, -0.2) is 46.4 Å². The van der Waals surface area contributed by atoms with E-state index in [1.807, 2.05) is 0 Å². The van der Waals surface area contributed by atoms with Crippen LogP contribution < -0.4 is 5.32 Å². The summed E-state index contributed by atoms with van der Waals surface area (Å²) in [6.07, 6.45) is 7.15. The minimum atomic E-state index is -0.586. The van der Waals surface area contributed by atoms with Crippen molar-refractivity contribution in [2.75, 3.05) is 13.1 Å². The van der Waals surface area contributed by atoms with Gasteiger partial charge in [-0.2, -0.15) is 0 Å². The number of hydrogen-bond acceptors (Lipinski definition) is 3. The van der Waals surface area contributed by atoms with Crippen LogP contribution in [0, 0.1) is 0 Å². The first-order chi connectivity index (χ1) is 12.6. The smallest absolute Gasteiger partial charge is 0.323 e. The van der Waals surface area contributed by atoms with E-state index in [1.165, 1.54) is 28.9 Å². The summed E-state index contributed by atoms with van der Waals surface area (Å²) >= 11 is 0. The lowest BCUT2D eigenvalue weighted by Gasteiger charge is -2.25. The first-order valence-electron chi connectivity index (χ1n) is 10.1. The molecule has 1 aliphatic heterocycles. The zero-order valence-corrected chi connectivity index (χ0v) is 15.7. The molecule has 5 heteroatoms. The van der Waals surface area contributed by atoms with E-state index in [2.05, 4.69) is 41.4 Å². The third kappa shape index (κ3) is 3.37. The Labute approximate surface area is 155 Å². The molecule has 3 aliphatic rings. The summed E-state index contributed by atoms with van der Waals surface area (Å²) in [6.45, 7) is 4.32. The lowest BCUT2D eigenvalue weighted by molar-refractivity contribution is -0.131. The van der Waals surface area contributed by atoms with Gasteiger partial charge in [0.25, 0.3) is 5.91 Å². The van der Waals surface area contributed by atoms with E-state index in [9.17, 15) is 9.59 Å². The molecule has 5 nitrogen and oxygen atoms in total. The zero-order chi connectivity index (χ0) is 18.1. The number of rotatable bonds is 7. The Morgan fingerprint density at radius 1 is 1.12 bits per heavy atom. The molecule has 0 aromatic heterocycles. The summed E-state index contributed by atoms with van der Waals surface area (Å²) in [5, 5.41) is 2.98. The Morgan fingerprint density at radius 2 is 1.77 bits per heavy atom. The van der Waals surface area contributed by atoms with E-state index in [4.69, 9.17) is 0 Å². The number of nitrogens with one attached hydrogen (secondary N) is 1. The highest BCUT2D eigenvalue weighted by molar-refractivity contribution is 6.07. The van der Waals surface area contributed by atoms with Crippen molar-refractivity contribution in [3.8, 4) is 0 Å². The summed E-state index contributed by atoms with van der Waals surface area (Å²) in [7, 11) is 0. The number of imide groups is 1. The third-order valence-corrected chi connectivity index (χ3v) is 6.19. The lowest BCUT2D eigenvalue weighted by Crippen LogP contribution is -2.44. The second-order valence-electron chi connectivity index (χ2n) is 8.05. The van der Waals surface area contributed by atoms with Gasteiger partial charge in [-0.15, -0.1) is 0 Å². The Kier molecular flexibility index (Phi) is 4.74. The number of benzene rings is 1. The Balaban J connectivity index is 1.38. The minimum absolute atomic E-state index is 0.00282. The van der Waals surface area contributed by atoms with Crippen molar-refractivity contribution in [2.24, 2.45) is 0 Å². The number of carbonyl (C=O) groups is 2. The summed E-state index contributed by atoms with van der Waals surface area (Å²) in [5.74, 6) is 0.00282. The molecule has 2 saturated carbocycles. The highest BCUT2D eigenvalue weighted by atomic mass is 16.2. The van der Waals surface area contributed by atoms with Crippen LogP contribution in [-0.2, 0) is 17.8 Å². The molecule has 1 heterocycles. The van der Waals surface area contributed by atoms with Crippen molar-refractivity contribution in [3.63, 3.8) is 0 Å². The number of amides is 3. The molecule has 1 saturated heterocycles. The number of hydrogen-bond donors (Lipinski definition) is 1. The van der Waals surface area contributed by atoms with Gasteiger partial charge in [0.1, 0.15) is 5.54 Å². The fraction of sp³-hybridized carbons (Fsp3) is 0.619.